The van der Waals surface area contributed by atoms with Crippen LogP contribution in [0.15, 0.2) is 0 Å². The van der Waals surface area contributed by atoms with Gasteiger partial charge >= 0.3 is 0 Å². The van der Waals surface area contributed by atoms with Crippen LogP contribution in [0.3, 0.4) is 0 Å². The molecule has 2 fully saturated rings. The molecule has 0 aromatic heterocycles. The molecule has 0 aromatic carbocycles. The molecule has 0 saturated heterocycles. The van der Waals surface area contributed by atoms with Crippen molar-refractivity contribution in [2.75, 3.05) is 7.05 Å². The molecule has 0 aromatic rings. The first-order chi connectivity index (χ1) is 7.76. The highest BCUT2D eigenvalue weighted by Gasteiger charge is 2.38. The molecule has 2 aliphatic carbocycles. The van der Waals surface area contributed by atoms with Gasteiger partial charge in [-0.1, -0.05) is 19.8 Å². The van der Waals surface area contributed by atoms with Gasteiger partial charge in [0.1, 0.15) is 0 Å². The summed E-state index contributed by atoms with van der Waals surface area (Å²) in [5.41, 5.74) is 0. The second-order valence-corrected chi connectivity index (χ2v) is 5.67. The van der Waals surface area contributed by atoms with Gasteiger partial charge in [0.05, 0.1) is 12.0 Å². The third-order valence-electron chi connectivity index (χ3n) is 4.43. The van der Waals surface area contributed by atoms with E-state index in [1.165, 1.54) is 38.5 Å². The Bertz CT molecular complexity index is 264. The summed E-state index contributed by atoms with van der Waals surface area (Å²) in [4.78, 5) is 2.51. The topological polar surface area (TPSA) is 27.0 Å². The maximum atomic E-state index is 9.25. The van der Waals surface area contributed by atoms with Gasteiger partial charge in [-0.2, -0.15) is 5.26 Å². The first-order valence-electron chi connectivity index (χ1n) is 6.87. The zero-order valence-electron chi connectivity index (χ0n) is 10.7. The van der Waals surface area contributed by atoms with Crippen LogP contribution < -0.4 is 0 Å². The zero-order valence-corrected chi connectivity index (χ0v) is 10.7. The zero-order chi connectivity index (χ0) is 11.5. The molecule has 0 bridgehead atoms. The standard InChI is InChI=1S/C14H24N2/c1-3-4-11-5-6-12(10-15)14(9-11)16(2)13-7-8-13/h11-14H,3-9H2,1-2H3. The van der Waals surface area contributed by atoms with E-state index in [0.717, 1.165) is 18.4 Å². The van der Waals surface area contributed by atoms with Gasteiger partial charge in [-0.3, -0.25) is 4.90 Å². The Labute approximate surface area is 99.6 Å². The van der Waals surface area contributed by atoms with E-state index >= 15 is 0 Å². The molecule has 2 heteroatoms. The van der Waals surface area contributed by atoms with Crippen molar-refractivity contribution in [1.29, 1.82) is 5.26 Å². The lowest BCUT2D eigenvalue weighted by Crippen LogP contribution is -2.43. The molecular formula is C14H24N2. The van der Waals surface area contributed by atoms with Crippen LogP contribution in [0.25, 0.3) is 0 Å². The summed E-state index contributed by atoms with van der Waals surface area (Å²) < 4.78 is 0. The summed E-state index contributed by atoms with van der Waals surface area (Å²) in [5.74, 6) is 1.17. The van der Waals surface area contributed by atoms with Gasteiger partial charge in [0.25, 0.3) is 0 Å². The molecule has 16 heavy (non-hydrogen) atoms. The maximum Gasteiger partial charge on any atom is 0.0672 e. The van der Waals surface area contributed by atoms with Crippen molar-refractivity contribution in [3.8, 4) is 6.07 Å². The molecule has 0 amide bonds. The van der Waals surface area contributed by atoms with Gasteiger partial charge in [0.15, 0.2) is 0 Å². The second-order valence-electron chi connectivity index (χ2n) is 5.67. The van der Waals surface area contributed by atoms with E-state index in [9.17, 15) is 5.26 Å². The Balaban J connectivity index is 1.96. The van der Waals surface area contributed by atoms with Crippen LogP contribution >= 0.6 is 0 Å². The third-order valence-corrected chi connectivity index (χ3v) is 4.43. The Morgan fingerprint density at radius 2 is 2.00 bits per heavy atom. The summed E-state index contributed by atoms with van der Waals surface area (Å²) in [7, 11) is 2.24. The molecule has 0 radical (unpaired) electrons. The molecule has 0 N–H and O–H groups in total. The Hall–Kier alpha value is -0.550. The molecule has 2 rings (SSSR count). The molecule has 0 spiro atoms. The minimum absolute atomic E-state index is 0.290. The van der Waals surface area contributed by atoms with Crippen molar-refractivity contribution in [2.24, 2.45) is 11.8 Å². The quantitative estimate of drug-likeness (QED) is 0.727. The van der Waals surface area contributed by atoms with Crippen LogP contribution in [0.2, 0.25) is 0 Å². The maximum absolute atomic E-state index is 9.25. The van der Waals surface area contributed by atoms with Crippen LogP contribution in [0.5, 0.6) is 0 Å². The first-order valence-corrected chi connectivity index (χ1v) is 6.87. The first kappa shape index (κ1) is 11.9. The largest absolute Gasteiger partial charge is 0.299 e. The fourth-order valence-corrected chi connectivity index (χ4v) is 3.26. The van der Waals surface area contributed by atoms with Gasteiger partial charge < -0.3 is 0 Å². The summed E-state index contributed by atoms with van der Waals surface area (Å²) in [6, 6.07) is 3.88. The Morgan fingerprint density at radius 1 is 1.25 bits per heavy atom. The molecule has 2 saturated carbocycles. The van der Waals surface area contributed by atoms with Gasteiger partial charge in [0, 0.05) is 12.1 Å². The van der Waals surface area contributed by atoms with Crippen molar-refractivity contribution in [3.63, 3.8) is 0 Å². The van der Waals surface area contributed by atoms with Crippen molar-refractivity contribution in [3.05, 3.63) is 0 Å². The molecule has 2 aliphatic rings. The lowest BCUT2D eigenvalue weighted by Gasteiger charge is -2.38. The van der Waals surface area contributed by atoms with Crippen molar-refractivity contribution in [1.82, 2.24) is 4.90 Å². The number of nitriles is 1. The fourth-order valence-electron chi connectivity index (χ4n) is 3.26. The second kappa shape index (κ2) is 5.19. The Morgan fingerprint density at radius 3 is 2.56 bits per heavy atom. The Kier molecular flexibility index (Phi) is 3.86. The molecule has 90 valence electrons. The number of hydrogen-bond acceptors (Lipinski definition) is 2. The normalized spacial score (nSPS) is 35.0. The van der Waals surface area contributed by atoms with Gasteiger partial charge in [-0.05, 0) is 45.1 Å². The van der Waals surface area contributed by atoms with Crippen LogP contribution in [0, 0.1) is 23.2 Å². The van der Waals surface area contributed by atoms with E-state index in [1.54, 1.807) is 0 Å². The smallest absolute Gasteiger partial charge is 0.0672 e. The SMILES string of the molecule is CCCC1CCC(C#N)C(N(C)C2CC2)C1. The molecule has 0 heterocycles. The predicted octanol–water partition coefficient (Wildman–Crippen LogP) is 3.19. The molecule has 3 atom stereocenters. The van der Waals surface area contributed by atoms with Crippen molar-refractivity contribution in [2.45, 2.75) is 64.0 Å². The van der Waals surface area contributed by atoms with E-state index in [1.807, 2.05) is 0 Å². The minimum atomic E-state index is 0.290. The molecule has 3 unspecified atom stereocenters. The van der Waals surface area contributed by atoms with Crippen molar-refractivity contribution < 1.29 is 0 Å². The van der Waals surface area contributed by atoms with Crippen LogP contribution in [-0.2, 0) is 0 Å². The summed E-state index contributed by atoms with van der Waals surface area (Å²) in [6.45, 7) is 2.27. The van der Waals surface area contributed by atoms with Gasteiger partial charge in [-0.15, -0.1) is 0 Å². The number of hydrogen-bond donors (Lipinski definition) is 0. The van der Waals surface area contributed by atoms with E-state index < -0.39 is 0 Å². The fraction of sp³-hybridized carbons (Fsp3) is 0.929. The van der Waals surface area contributed by atoms with Gasteiger partial charge in [-0.25, -0.2) is 0 Å². The summed E-state index contributed by atoms with van der Waals surface area (Å²) >= 11 is 0. The molecule has 2 nitrogen and oxygen atoms in total. The highest BCUT2D eigenvalue weighted by Crippen LogP contribution is 2.38. The summed E-state index contributed by atoms with van der Waals surface area (Å²) in [5, 5.41) is 9.25. The minimum Gasteiger partial charge on any atom is -0.299 e. The van der Waals surface area contributed by atoms with E-state index in [4.69, 9.17) is 0 Å². The molecular weight excluding hydrogens is 196 g/mol. The van der Waals surface area contributed by atoms with Gasteiger partial charge in [0.2, 0.25) is 0 Å². The molecule has 0 aliphatic heterocycles. The van der Waals surface area contributed by atoms with E-state index in [-0.39, 0.29) is 0 Å². The summed E-state index contributed by atoms with van der Waals surface area (Å²) in [6.07, 6.45) is 9.02. The average molecular weight is 220 g/mol. The lowest BCUT2D eigenvalue weighted by atomic mass is 9.76. The van der Waals surface area contributed by atoms with E-state index in [0.29, 0.717) is 12.0 Å². The number of rotatable bonds is 4. The monoisotopic (exact) mass is 220 g/mol. The third kappa shape index (κ3) is 2.58. The highest BCUT2D eigenvalue weighted by atomic mass is 15.2. The highest BCUT2D eigenvalue weighted by molar-refractivity contribution is 5.00. The predicted molar refractivity (Wildman–Crippen MR) is 65.9 cm³/mol. The van der Waals surface area contributed by atoms with E-state index in [2.05, 4.69) is 24.9 Å². The van der Waals surface area contributed by atoms with Crippen LogP contribution in [0.1, 0.15) is 51.9 Å². The van der Waals surface area contributed by atoms with Crippen LogP contribution in [0.4, 0.5) is 0 Å². The lowest BCUT2D eigenvalue weighted by molar-refractivity contribution is 0.115. The average Bonchev–Trinajstić information content (AvgIpc) is 3.12. The van der Waals surface area contributed by atoms with Crippen LogP contribution in [-0.4, -0.2) is 24.0 Å². The number of nitrogens with zero attached hydrogens (tertiary/aromatic N) is 2. The van der Waals surface area contributed by atoms with Crippen molar-refractivity contribution >= 4 is 0 Å².